The van der Waals surface area contributed by atoms with Crippen LogP contribution >= 0.6 is 0 Å². The van der Waals surface area contributed by atoms with Crippen LogP contribution in [-0.2, 0) is 21.9 Å². The molecule has 1 aromatic carbocycles. The number of esters is 1. The quantitative estimate of drug-likeness (QED) is 0.613. The van der Waals surface area contributed by atoms with Crippen LogP contribution in [0.3, 0.4) is 0 Å². The molecule has 11 heteroatoms. The van der Waals surface area contributed by atoms with Crippen molar-refractivity contribution in [2.24, 2.45) is 0 Å². The number of hydrogen-bond acceptors (Lipinski definition) is 4. The fourth-order valence-corrected chi connectivity index (χ4v) is 1.79. The number of carbonyl (C=O) groups is 1. The zero-order chi connectivity index (χ0) is 18.8. The third-order valence-corrected chi connectivity index (χ3v) is 2.97. The second-order valence-corrected chi connectivity index (χ2v) is 4.73. The van der Waals surface area contributed by atoms with E-state index in [1.807, 2.05) is 0 Å². The average Bonchev–Trinajstić information content (AvgIpc) is 2.99. The van der Waals surface area contributed by atoms with Gasteiger partial charge in [-0.2, -0.15) is 26.3 Å². The van der Waals surface area contributed by atoms with Crippen molar-refractivity contribution in [3.05, 3.63) is 41.6 Å². The van der Waals surface area contributed by atoms with Crippen LogP contribution in [0.15, 0.2) is 30.5 Å². The summed E-state index contributed by atoms with van der Waals surface area (Å²) in [5.41, 5.74) is -3.40. The number of methoxy groups -OCH3 is 1. The summed E-state index contributed by atoms with van der Waals surface area (Å²) in [5.74, 6) is -0.899. The molecule has 5 nitrogen and oxygen atoms in total. The molecule has 0 aliphatic heterocycles. The minimum atomic E-state index is -4.96. The zero-order valence-corrected chi connectivity index (χ0v) is 12.5. The van der Waals surface area contributed by atoms with E-state index in [0.29, 0.717) is 12.1 Å². The van der Waals surface area contributed by atoms with E-state index in [2.05, 4.69) is 9.84 Å². The Hall–Kier alpha value is -2.72. The minimum absolute atomic E-state index is 0.0155. The summed E-state index contributed by atoms with van der Waals surface area (Å²) in [4.78, 5) is 10.9. The van der Waals surface area contributed by atoms with Crippen LogP contribution in [0, 0.1) is 0 Å². The molecule has 0 atom stereocenters. The van der Waals surface area contributed by atoms with Gasteiger partial charge in [0.25, 0.3) is 0 Å². The van der Waals surface area contributed by atoms with Crippen molar-refractivity contribution < 1.29 is 40.6 Å². The summed E-state index contributed by atoms with van der Waals surface area (Å²) in [5, 5.41) is 3.69. The van der Waals surface area contributed by atoms with Gasteiger partial charge < -0.3 is 9.47 Å². The molecule has 0 N–H and O–H groups in total. The van der Waals surface area contributed by atoms with Crippen LogP contribution in [0.1, 0.15) is 11.1 Å². The second kappa shape index (κ2) is 6.65. The van der Waals surface area contributed by atoms with Crippen molar-refractivity contribution in [2.75, 3.05) is 13.7 Å². The SMILES string of the molecule is COC(=O)COc1ccn(-c2cc(C(F)(F)F)cc(C(F)(F)F)c2)n1. The number of ether oxygens (including phenoxy) is 2. The topological polar surface area (TPSA) is 53.4 Å². The monoisotopic (exact) mass is 368 g/mol. The molecule has 1 aromatic heterocycles. The molecule has 2 aromatic rings. The maximum absolute atomic E-state index is 12.8. The lowest BCUT2D eigenvalue weighted by molar-refractivity contribution is -0.144. The highest BCUT2D eigenvalue weighted by atomic mass is 19.4. The van der Waals surface area contributed by atoms with Crippen LogP contribution < -0.4 is 4.74 Å². The lowest BCUT2D eigenvalue weighted by Crippen LogP contribution is -2.13. The van der Waals surface area contributed by atoms with Gasteiger partial charge in [-0.3, -0.25) is 0 Å². The van der Waals surface area contributed by atoms with Gasteiger partial charge in [-0.05, 0) is 18.2 Å². The third kappa shape index (κ3) is 4.64. The molecular formula is C14H10F6N2O3. The average molecular weight is 368 g/mol. The van der Waals surface area contributed by atoms with Gasteiger partial charge >= 0.3 is 18.3 Å². The standard InChI is InChI=1S/C14H10F6N2O3/c1-24-12(23)7-25-11-2-3-22(21-11)10-5-8(13(15,16)17)4-9(6-10)14(18,19)20/h2-6H,7H2,1H3. The lowest BCUT2D eigenvalue weighted by atomic mass is 10.1. The van der Waals surface area contributed by atoms with Crippen molar-refractivity contribution in [3.63, 3.8) is 0 Å². The van der Waals surface area contributed by atoms with Crippen LogP contribution in [-0.4, -0.2) is 29.5 Å². The normalized spacial score (nSPS) is 12.1. The number of nitrogens with zero attached hydrogens (tertiary/aromatic N) is 2. The summed E-state index contributed by atoms with van der Waals surface area (Å²) < 4.78 is 87.0. The van der Waals surface area contributed by atoms with E-state index in [1.165, 1.54) is 6.07 Å². The predicted molar refractivity (Wildman–Crippen MR) is 71.1 cm³/mol. The fraction of sp³-hybridized carbons (Fsp3) is 0.286. The molecule has 1 heterocycles. The van der Waals surface area contributed by atoms with E-state index in [4.69, 9.17) is 4.74 Å². The van der Waals surface area contributed by atoms with Gasteiger partial charge in [0.05, 0.1) is 23.9 Å². The Labute approximate surface area is 136 Å². The Morgan fingerprint density at radius 1 is 1.08 bits per heavy atom. The van der Waals surface area contributed by atoms with Gasteiger partial charge in [-0.25, -0.2) is 9.48 Å². The first kappa shape index (κ1) is 18.6. The second-order valence-electron chi connectivity index (χ2n) is 4.73. The van der Waals surface area contributed by atoms with E-state index in [-0.39, 0.29) is 11.9 Å². The lowest BCUT2D eigenvalue weighted by Gasteiger charge is -2.14. The highest BCUT2D eigenvalue weighted by Gasteiger charge is 2.37. The summed E-state index contributed by atoms with van der Waals surface area (Å²) in [6.45, 7) is -0.510. The zero-order valence-electron chi connectivity index (χ0n) is 12.5. The molecule has 0 radical (unpaired) electrons. The van der Waals surface area contributed by atoms with Crippen molar-refractivity contribution >= 4 is 5.97 Å². The third-order valence-electron chi connectivity index (χ3n) is 2.97. The highest BCUT2D eigenvalue weighted by Crippen LogP contribution is 2.37. The molecule has 0 fully saturated rings. The van der Waals surface area contributed by atoms with Gasteiger partial charge in [0, 0.05) is 12.3 Å². The molecule has 0 amide bonds. The Morgan fingerprint density at radius 3 is 2.12 bits per heavy atom. The number of hydrogen-bond donors (Lipinski definition) is 0. The number of carbonyl (C=O) groups excluding carboxylic acids is 1. The van der Waals surface area contributed by atoms with Crippen LogP contribution in [0.25, 0.3) is 5.69 Å². The van der Waals surface area contributed by atoms with Crippen LogP contribution in [0.2, 0.25) is 0 Å². The van der Waals surface area contributed by atoms with E-state index in [1.54, 1.807) is 0 Å². The Balaban J connectivity index is 2.38. The molecule has 0 unspecified atom stereocenters. The molecule has 2 rings (SSSR count). The Kier molecular flexibility index (Phi) is 4.95. The molecule has 0 saturated heterocycles. The number of halogens is 6. The number of alkyl halides is 6. The first-order valence-corrected chi connectivity index (χ1v) is 6.56. The molecule has 0 bridgehead atoms. The maximum Gasteiger partial charge on any atom is 0.416 e. The summed E-state index contributed by atoms with van der Waals surface area (Å²) in [7, 11) is 1.12. The first-order chi connectivity index (χ1) is 11.5. The van der Waals surface area contributed by atoms with Gasteiger partial charge in [0.1, 0.15) is 0 Å². The number of benzene rings is 1. The van der Waals surface area contributed by atoms with Gasteiger partial charge in [0.15, 0.2) is 6.61 Å². The number of aromatic nitrogens is 2. The largest absolute Gasteiger partial charge is 0.466 e. The van der Waals surface area contributed by atoms with E-state index < -0.39 is 41.7 Å². The summed E-state index contributed by atoms with van der Waals surface area (Å²) >= 11 is 0. The van der Waals surface area contributed by atoms with Crippen molar-refractivity contribution in [1.29, 1.82) is 0 Å². The first-order valence-electron chi connectivity index (χ1n) is 6.56. The van der Waals surface area contributed by atoms with Crippen molar-refractivity contribution in [1.82, 2.24) is 9.78 Å². The fourth-order valence-electron chi connectivity index (χ4n) is 1.79. The molecule has 136 valence electrons. The molecule has 0 aliphatic carbocycles. The van der Waals surface area contributed by atoms with Crippen LogP contribution in [0.5, 0.6) is 5.88 Å². The Bertz CT molecular complexity index is 734. The minimum Gasteiger partial charge on any atom is -0.466 e. The Morgan fingerprint density at radius 2 is 1.64 bits per heavy atom. The molecule has 0 saturated carbocycles. The predicted octanol–water partition coefficient (Wildman–Crippen LogP) is 3.46. The van der Waals surface area contributed by atoms with Gasteiger partial charge in [0.2, 0.25) is 5.88 Å². The summed E-state index contributed by atoms with van der Waals surface area (Å²) in [6, 6.07) is 2.23. The van der Waals surface area contributed by atoms with Crippen molar-refractivity contribution in [2.45, 2.75) is 12.4 Å². The van der Waals surface area contributed by atoms with Gasteiger partial charge in [-0.1, -0.05) is 0 Å². The summed E-state index contributed by atoms with van der Waals surface area (Å²) in [6.07, 6.45) is -8.83. The molecule has 25 heavy (non-hydrogen) atoms. The number of rotatable bonds is 4. The van der Waals surface area contributed by atoms with Gasteiger partial charge in [-0.15, -0.1) is 5.10 Å². The van der Waals surface area contributed by atoms with Crippen LogP contribution in [0.4, 0.5) is 26.3 Å². The highest BCUT2D eigenvalue weighted by molar-refractivity contribution is 5.70. The maximum atomic E-state index is 12.8. The van der Waals surface area contributed by atoms with E-state index in [9.17, 15) is 31.1 Å². The van der Waals surface area contributed by atoms with E-state index >= 15 is 0 Å². The van der Waals surface area contributed by atoms with Crippen molar-refractivity contribution in [3.8, 4) is 11.6 Å². The molecular weight excluding hydrogens is 358 g/mol. The van der Waals surface area contributed by atoms with E-state index in [0.717, 1.165) is 18.0 Å². The smallest absolute Gasteiger partial charge is 0.416 e. The molecule has 0 aliphatic rings. The molecule has 0 spiro atoms.